The summed E-state index contributed by atoms with van der Waals surface area (Å²) >= 11 is 0. The Kier molecular flexibility index (Phi) is 3.82. The van der Waals surface area contributed by atoms with Crippen molar-refractivity contribution in [1.29, 1.82) is 0 Å². The molecular weight excluding hydrogens is 248 g/mol. The summed E-state index contributed by atoms with van der Waals surface area (Å²) in [7, 11) is 0. The number of aromatic nitrogens is 1. The number of benzene rings is 1. The summed E-state index contributed by atoms with van der Waals surface area (Å²) < 4.78 is 4.87. The van der Waals surface area contributed by atoms with E-state index in [1.807, 2.05) is 0 Å². The number of nitrogens with one attached hydrogen (secondary N) is 1. The molecule has 0 bridgehead atoms. The fraction of sp³-hybridized carbons (Fsp3) is 0.231. The van der Waals surface area contributed by atoms with Crippen molar-refractivity contribution in [2.75, 3.05) is 0 Å². The van der Waals surface area contributed by atoms with Gasteiger partial charge in [0, 0.05) is 6.54 Å². The summed E-state index contributed by atoms with van der Waals surface area (Å²) in [4.78, 5) is 12.0. The zero-order chi connectivity index (χ0) is 13.8. The molecule has 0 atom stereocenters. The molecule has 0 saturated carbocycles. The molecule has 2 aromatic rings. The fourth-order valence-corrected chi connectivity index (χ4v) is 1.75. The van der Waals surface area contributed by atoms with Crippen LogP contribution in [-0.2, 0) is 13.2 Å². The standard InChI is InChI=1S/C13H14N2O4/c1-8-12(11(7-16)15-19-8)13(18)14-6-9-3-2-4-10(17)5-9/h2-5,16-17H,6-7H2,1H3,(H,14,18). The largest absolute Gasteiger partial charge is 0.508 e. The Labute approximate surface area is 109 Å². The third-order valence-corrected chi connectivity index (χ3v) is 2.67. The second-order valence-electron chi connectivity index (χ2n) is 4.07. The lowest BCUT2D eigenvalue weighted by Gasteiger charge is -2.05. The monoisotopic (exact) mass is 262 g/mol. The first-order chi connectivity index (χ1) is 9.11. The van der Waals surface area contributed by atoms with E-state index in [1.165, 1.54) is 0 Å². The number of amides is 1. The molecule has 0 aliphatic heterocycles. The van der Waals surface area contributed by atoms with E-state index in [4.69, 9.17) is 9.63 Å². The van der Waals surface area contributed by atoms with Crippen LogP contribution >= 0.6 is 0 Å². The summed E-state index contributed by atoms with van der Waals surface area (Å²) in [5, 5.41) is 24.7. The maximum Gasteiger partial charge on any atom is 0.257 e. The number of hydrogen-bond acceptors (Lipinski definition) is 5. The fourth-order valence-electron chi connectivity index (χ4n) is 1.75. The molecule has 1 heterocycles. The number of aliphatic hydroxyl groups is 1. The van der Waals surface area contributed by atoms with E-state index in [0.717, 1.165) is 5.56 Å². The minimum absolute atomic E-state index is 0.143. The van der Waals surface area contributed by atoms with Gasteiger partial charge in [-0.15, -0.1) is 0 Å². The van der Waals surface area contributed by atoms with Gasteiger partial charge in [0.25, 0.3) is 5.91 Å². The normalized spacial score (nSPS) is 10.4. The number of carbonyl (C=O) groups is 1. The average Bonchev–Trinajstić information content (AvgIpc) is 2.77. The summed E-state index contributed by atoms with van der Waals surface area (Å²) in [5.41, 5.74) is 1.24. The number of aromatic hydroxyl groups is 1. The van der Waals surface area contributed by atoms with Crippen molar-refractivity contribution in [2.24, 2.45) is 0 Å². The lowest BCUT2D eigenvalue weighted by atomic mass is 10.1. The van der Waals surface area contributed by atoms with Gasteiger partial charge in [-0.05, 0) is 24.6 Å². The minimum atomic E-state index is -0.369. The van der Waals surface area contributed by atoms with Crippen LogP contribution in [0.15, 0.2) is 28.8 Å². The molecule has 0 aliphatic rings. The third-order valence-electron chi connectivity index (χ3n) is 2.67. The molecule has 1 amide bonds. The first kappa shape index (κ1) is 13.1. The molecule has 0 saturated heterocycles. The second kappa shape index (κ2) is 5.53. The highest BCUT2D eigenvalue weighted by Crippen LogP contribution is 2.14. The average molecular weight is 262 g/mol. The van der Waals surface area contributed by atoms with Gasteiger partial charge in [0.15, 0.2) is 0 Å². The van der Waals surface area contributed by atoms with Crippen molar-refractivity contribution >= 4 is 5.91 Å². The quantitative estimate of drug-likeness (QED) is 0.767. The first-order valence-electron chi connectivity index (χ1n) is 5.74. The van der Waals surface area contributed by atoms with Crippen molar-refractivity contribution in [1.82, 2.24) is 10.5 Å². The lowest BCUT2D eigenvalue weighted by molar-refractivity contribution is 0.0946. The molecule has 0 spiro atoms. The van der Waals surface area contributed by atoms with Gasteiger partial charge in [-0.2, -0.15) is 0 Å². The van der Waals surface area contributed by atoms with Crippen molar-refractivity contribution in [3.8, 4) is 5.75 Å². The zero-order valence-electron chi connectivity index (χ0n) is 10.4. The Morgan fingerprint density at radius 2 is 2.26 bits per heavy atom. The van der Waals surface area contributed by atoms with Crippen LogP contribution in [0.1, 0.15) is 27.4 Å². The molecule has 0 radical (unpaired) electrons. The highest BCUT2D eigenvalue weighted by Gasteiger charge is 2.19. The Morgan fingerprint density at radius 1 is 1.47 bits per heavy atom. The smallest absolute Gasteiger partial charge is 0.257 e. The number of nitrogens with zero attached hydrogens (tertiary/aromatic N) is 1. The van der Waals surface area contributed by atoms with Gasteiger partial charge in [-0.3, -0.25) is 4.79 Å². The van der Waals surface area contributed by atoms with E-state index < -0.39 is 0 Å². The molecule has 2 rings (SSSR count). The Bertz CT molecular complexity index is 592. The van der Waals surface area contributed by atoms with E-state index in [0.29, 0.717) is 5.76 Å². The Balaban J connectivity index is 2.07. The molecule has 0 unspecified atom stereocenters. The summed E-state index contributed by atoms with van der Waals surface area (Å²) in [5.74, 6) is 0.132. The van der Waals surface area contributed by atoms with Gasteiger partial charge in [0.05, 0.1) is 6.61 Å². The first-order valence-corrected chi connectivity index (χ1v) is 5.74. The Hall–Kier alpha value is -2.34. The highest BCUT2D eigenvalue weighted by molar-refractivity contribution is 5.96. The molecule has 6 heteroatoms. The minimum Gasteiger partial charge on any atom is -0.508 e. The van der Waals surface area contributed by atoms with Crippen molar-refractivity contribution in [2.45, 2.75) is 20.1 Å². The SMILES string of the molecule is Cc1onc(CO)c1C(=O)NCc1cccc(O)c1. The van der Waals surface area contributed by atoms with Gasteiger partial charge < -0.3 is 20.1 Å². The summed E-state index contributed by atoms with van der Waals surface area (Å²) in [6.07, 6.45) is 0. The van der Waals surface area contributed by atoms with Gasteiger partial charge in [0.2, 0.25) is 0 Å². The van der Waals surface area contributed by atoms with E-state index in [9.17, 15) is 9.90 Å². The predicted octanol–water partition coefficient (Wildman–Crippen LogP) is 1.11. The predicted molar refractivity (Wildman–Crippen MR) is 66.4 cm³/mol. The van der Waals surface area contributed by atoms with E-state index in [1.54, 1.807) is 31.2 Å². The van der Waals surface area contributed by atoms with Crippen LogP contribution in [0.4, 0.5) is 0 Å². The van der Waals surface area contributed by atoms with Crippen LogP contribution in [0.5, 0.6) is 5.75 Å². The zero-order valence-corrected chi connectivity index (χ0v) is 10.4. The van der Waals surface area contributed by atoms with Gasteiger partial charge >= 0.3 is 0 Å². The van der Waals surface area contributed by atoms with Crippen molar-refractivity contribution in [3.63, 3.8) is 0 Å². The number of rotatable bonds is 4. The number of aliphatic hydroxyl groups excluding tert-OH is 1. The van der Waals surface area contributed by atoms with Crippen LogP contribution in [0.3, 0.4) is 0 Å². The summed E-state index contributed by atoms with van der Waals surface area (Å²) in [6.45, 7) is 1.52. The molecule has 100 valence electrons. The van der Waals surface area contributed by atoms with Crippen LogP contribution in [0.2, 0.25) is 0 Å². The van der Waals surface area contributed by atoms with Crippen LogP contribution in [-0.4, -0.2) is 21.3 Å². The molecule has 1 aromatic carbocycles. The van der Waals surface area contributed by atoms with Gasteiger partial charge in [-0.1, -0.05) is 17.3 Å². The number of hydrogen-bond donors (Lipinski definition) is 3. The number of phenolic OH excluding ortho intramolecular Hbond substituents is 1. The maximum atomic E-state index is 12.0. The second-order valence-corrected chi connectivity index (χ2v) is 4.07. The van der Waals surface area contributed by atoms with E-state index in [-0.39, 0.29) is 36.1 Å². The Morgan fingerprint density at radius 3 is 2.95 bits per heavy atom. The molecule has 6 nitrogen and oxygen atoms in total. The van der Waals surface area contributed by atoms with Gasteiger partial charge in [0.1, 0.15) is 22.8 Å². The van der Waals surface area contributed by atoms with Crippen LogP contribution in [0, 0.1) is 6.92 Å². The van der Waals surface area contributed by atoms with E-state index in [2.05, 4.69) is 10.5 Å². The molecule has 0 fully saturated rings. The molecule has 19 heavy (non-hydrogen) atoms. The summed E-state index contributed by atoms with van der Waals surface area (Å²) in [6, 6.07) is 6.60. The lowest BCUT2D eigenvalue weighted by Crippen LogP contribution is -2.24. The van der Waals surface area contributed by atoms with Gasteiger partial charge in [-0.25, -0.2) is 0 Å². The van der Waals surface area contributed by atoms with Crippen LogP contribution < -0.4 is 5.32 Å². The molecule has 0 aliphatic carbocycles. The van der Waals surface area contributed by atoms with Crippen molar-refractivity contribution in [3.05, 3.63) is 46.8 Å². The molecular formula is C13H14N2O4. The highest BCUT2D eigenvalue weighted by atomic mass is 16.5. The number of phenols is 1. The third kappa shape index (κ3) is 2.92. The number of aryl methyl sites for hydroxylation is 1. The topological polar surface area (TPSA) is 95.6 Å². The molecule has 3 N–H and O–H groups in total. The van der Waals surface area contributed by atoms with E-state index >= 15 is 0 Å². The number of carbonyl (C=O) groups excluding carboxylic acids is 1. The van der Waals surface area contributed by atoms with Crippen LogP contribution in [0.25, 0.3) is 0 Å². The van der Waals surface area contributed by atoms with Crippen molar-refractivity contribution < 1.29 is 19.5 Å². The maximum absolute atomic E-state index is 12.0. The molecule has 1 aromatic heterocycles.